The third-order valence-electron chi connectivity index (χ3n) is 3.93. The highest BCUT2D eigenvalue weighted by Crippen LogP contribution is 2.27. The summed E-state index contributed by atoms with van der Waals surface area (Å²) in [4.78, 5) is 11.2. The van der Waals surface area contributed by atoms with Crippen molar-refractivity contribution in [2.24, 2.45) is 0 Å². The van der Waals surface area contributed by atoms with Crippen molar-refractivity contribution in [2.75, 3.05) is 5.32 Å². The van der Waals surface area contributed by atoms with Crippen molar-refractivity contribution in [2.45, 2.75) is 13.2 Å². The largest absolute Gasteiger partial charge is 0.487 e. The molecule has 0 unspecified atom stereocenters. The summed E-state index contributed by atoms with van der Waals surface area (Å²) in [5.74, 6) is -0.449. The van der Waals surface area contributed by atoms with Crippen LogP contribution >= 0.6 is 23.2 Å². The van der Waals surface area contributed by atoms with E-state index in [1.54, 1.807) is 12.1 Å². The monoisotopic (exact) mass is 401 g/mol. The van der Waals surface area contributed by atoms with Crippen LogP contribution in [0.2, 0.25) is 10.0 Å². The molecule has 0 aromatic heterocycles. The van der Waals surface area contributed by atoms with Gasteiger partial charge in [-0.2, -0.15) is 0 Å². The van der Waals surface area contributed by atoms with Crippen molar-refractivity contribution in [1.29, 1.82) is 0 Å². The molecule has 3 rings (SSSR count). The highest BCUT2D eigenvalue weighted by Gasteiger charge is 2.09. The van der Waals surface area contributed by atoms with Crippen LogP contribution in [0.15, 0.2) is 66.7 Å². The molecule has 4 nitrogen and oxygen atoms in total. The molecule has 0 spiro atoms. The molecule has 0 bridgehead atoms. The fourth-order valence-electron chi connectivity index (χ4n) is 2.51. The third kappa shape index (κ3) is 5.16. The van der Waals surface area contributed by atoms with E-state index in [1.165, 1.54) is 6.07 Å². The molecule has 2 N–H and O–H groups in total. The second kappa shape index (κ2) is 8.80. The number of aromatic carboxylic acids is 1. The lowest BCUT2D eigenvalue weighted by atomic mass is 10.1. The molecule has 0 saturated heterocycles. The van der Waals surface area contributed by atoms with E-state index in [0.717, 1.165) is 11.1 Å². The number of halogens is 2. The number of nitrogens with one attached hydrogen (secondary N) is 1. The molecule has 3 aromatic rings. The molecule has 0 atom stereocenters. The van der Waals surface area contributed by atoms with E-state index in [4.69, 9.17) is 33.0 Å². The molecule has 6 heteroatoms. The minimum Gasteiger partial charge on any atom is -0.487 e. The summed E-state index contributed by atoms with van der Waals surface area (Å²) in [7, 11) is 0. The first-order valence-electron chi connectivity index (χ1n) is 8.25. The van der Waals surface area contributed by atoms with Crippen molar-refractivity contribution < 1.29 is 14.6 Å². The number of carboxylic acid groups (broad SMARTS) is 1. The maximum atomic E-state index is 11.2. The molecule has 3 aromatic carbocycles. The summed E-state index contributed by atoms with van der Waals surface area (Å²) in [6.45, 7) is 0.931. The number of anilines is 1. The first kappa shape index (κ1) is 19.1. The smallest absolute Gasteiger partial charge is 0.337 e. The van der Waals surface area contributed by atoms with E-state index >= 15 is 0 Å². The van der Waals surface area contributed by atoms with Gasteiger partial charge < -0.3 is 15.2 Å². The van der Waals surface area contributed by atoms with E-state index in [2.05, 4.69) is 5.32 Å². The van der Waals surface area contributed by atoms with E-state index in [0.29, 0.717) is 29.6 Å². The highest BCUT2D eigenvalue weighted by molar-refractivity contribution is 6.33. The Bertz CT molecular complexity index is 945. The topological polar surface area (TPSA) is 58.6 Å². The summed E-state index contributed by atoms with van der Waals surface area (Å²) in [6.07, 6.45) is 0. The number of carboxylic acids is 1. The lowest BCUT2D eigenvalue weighted by Gasteiger charge is -2.11. The molecule has 0 heterocycles. The van der Waals surface area contributed by atoms with Gasteiger partial charge in [0, 0.05) is 12.2 Å². The Morgan fingerprint density at radius 1 is 0.926 bits per heavy atom. The van der Waals surface area contributed by atoms with Crippen LogP contribution in [0.5, 0.6) is 5.75 Å². The Kier molecular flexibility index (Phi) is 6.22. The zero-order valence-electron chi connectivity index (χ0n) is 14.3. The van der Waals surface area contributed by atoms with Crippen molar-refractivity contribution in [3.8, 4) is 5.75 Å². The first-order chi connectivity index (χ1) is 13.0. The number of ether oxygens (including phenoxy) is 1. The molecule has 0 radical (unpaired) electrons. The maximum Gasteiger partial charge on any atom is 0.337 e. The minimum atomic E-state index is -1.06. The van der Waals surface area contributed by atoms with E-state index in [1.807, 2.05) is 48.5 Å². The first-order valence-corrected chi connectivity index (χ1v) is 9.00. The second-order valence-corrected chi connectivity index (χ2v) is 6.71. The predicted molar refractivity (Wildman–Crippen MR) is 108 cm³/mol. The van der Waals surface area contributed by atoms with Crippen LogP contribution in [0.4, 0.5) is 5.69 Å². The molecular formula is C21H17Cl2NO3. The van der Waals surface area contributed by atoms with Crippen LogP contribution in [0.1, 0.15) is 21.5 Å². The average molecular weight is 402 g/mol. The SMILES string of the molecule is O=C(O)c1cc(NCc2ccc(OCc3ccccc3)c(Cl)c2)ccc1Cl. The Morgan fingerprint density at radius 3 is 2.41 bits per heavy atom. The van der Waals surface area contributed by atoms with Crippen LogP contribution in [0, 0.1) is 0 Å². The quantitative estimate of drug-likeness (QED) is 0.518. The predicted octanol–water partition coefficient (Wildman–Crippen LogP) is 5.88. The van der Waals surface area contributed by atoms with Crippen molar-refractivity contribution in [3.63, 3.8) is 0 Å². The van der Waals surface area contributed by atoms with Crippen LogP contribution < -0.4 is 10.1 Å². The van der Waals surface area contributed by atoms with Gasteiger partial charge in [-0.15, -0.1) is 0 Å². The minimum absolute atomic E-state index is 0.0596. The maximum absolute atomic E-state index is 11.2. The fourth-order valence-corrected chi connectivity index (χ4v) is 2.97. The van der Waals surface area contributed by atoms with Gasteiger partial charge in [0.15, 0.2) is 0 Å². The lowest BCUT2D eigenvalue weighted by Crippen LogP contribution is -2.03. The third-order valence-corrected chi connectivity index (χ3v) is 4.55. The molecule has 0 aliphatic carbocycles. The van der Waals surface area contributed by atoms with Crippen LogP contribution in [0.3, 0.4) is 0 Å². The van der Waals surface area contributed by atoms with Gasteiger partial charge in [0.25, 0.3) is 0 Å². The molecule has 0 aliphatic heterocycles. The Hall–Kier alpha value is -2.69. The summed E-state index contributed by atoms with van der Waals surface area (Å²) in [6, 6.07) is 20.2. The van der Waals surface area contributed by atoms with Crippen LogP contribution in [-0.4, -0.2) is 11.1 Å². The number of hydrogen-bond acceptors (Lipinski definition) is 3. The summed E-state index contributed by atoms with van der Waals surface area (Å²) in [5.41, 5.74) is 2.73. The van der Waals surface area contributed by atoms with Gasteiger partial charge in [0.1, 0.15) is 12.4 Å². The molecule has 27 heavy (non-hydrogen) atoms. The zero-order chi connectivity index (χ0) is 19.2. The Morgan fingerprint density at radius 2 is 1.70 bits per heavy atom. The van der Waals surface area contributed by atoms with Gasteiger partial charge in [-0.1, -0.05) is 59.6 Å². The standard InChI is InChI=1S/C21H17Cl2NO3/c22-18-8-7-16(11-17(18)21(25)26)24-12-15-6-9-20(19(23)10-15)27-13-14-4-2-1-3-5-14/h1-11,24H,12-13H2,(H,25,26). The van der Waals surface area contributed by atoms with Crippen molar-refractivity contribution in [3.05, 3.63) is 93.5 Å². The second-order valence-electron chi connectivity index (χ2n) is 5.89. The van der Waals surface area contributed by atoms with Gasteiger partial charge in [-0.05, 0) is 41.5 Å². The molecule has 0 amide bonds. The average Bonchev–Trinajstić information content (AvgIpc) is 2.67. The van der Waals surface area contributed by atoms with Crippen molar-refractivity contribution in [1.82, 2.24) is 0 Å². The van der Waals surface area contributed by atoms with Gasteiger partial charge in [0.05, 0.1) is 15.6 Å². The Balaban J connectivity index is 1.62. The zero-order valence-corrected chi connectivity index (χ0v) is 15.8. The van der Waals surface area contributed by atoms with Gasteiger partial charge in [0.2, 0.25) is 0 Å². The summed E-state index contributed by atoms with van der Waals surface area (Å²) < 4.78 is 5.76. The van der Waals surface area contributed by atoms with Crippen LogP contribution in [0.25, 0.3) is 0 Å². The summed E-state index contributed by atoms with van der Waals surface area (Å²) >= 11 is 12.2. The molecular weight excluding hydrogens is 385 g/mol. The van der Waals surface area contributed by atoms with Crippen molar-refractivity contribution >= 4 is 34.9 Å². The normalized spacial score (nSPS) is 10.4. The highest BCUT2D eigenvalue weighted by atomic mass is 35.5. The van der Waals surface area contributed by atoms with E-state index in [9.17, 15) is 4.79 Å². The summed E-state index contributed by atoms with van der Waals surface area (Å²) in [5, 5.41) is 13.0. The molecule has 138 valence electrons. The van der Waals surface area contributed by atoms with Crippen LogP contribution in [-0.2, 0) is 13.2 Å². The van der Waals surface area contributed by atoms with E-state index in [-0.39, 0.29) is 10.6 Å². The number of carbonyl (C=O) groups is 1. The molecule has 0 fully saturated rings. The fraction of sp³-hybridized carbons (Fsp3) is 0.0952. The number of rotatable bonds is 7. The van der Waals surface area contributed by atoms with Gasteiger partial charge in [-0.25, -0.2) is 4.79 Å². The lowest BCUT2D eigenvalue weighted by molar-refractivity contribution is 0.0697. The number of hydrogen-bond donors (Lipinski definition) is 2. The van der Waals surface area contributed by atoms with Gasteiger partial charge >= 0.3 is 5.97 Å². The van der Waals surface area contributed by atoms with E-state index < -0.39 is 5.97 Å². The van der Waals surface area contributed by atoms with Gasteiger partial charge in [-0.3, -0.25) is 0 Å². The molecule has 0 aliphatic rings. The molecule has 0 saturated carbocycles. The number of benzene rings is 3. The Labute approximate surface area is 167 Å².